The van der Waals surface area contributed by atoms with E-state index < -0.39 is 0 Å². The monoisotopic (exact) mass is 260 g/mol. The average Bonchev–Trinajstić information content (AvgIpc) is 2.39. The van der Waals surface area contributed by atoms with Crippen LogP contribution in [0.25, 0.3) is 10.8 Å². The molecule has 96 valence electrons. The lowest BCUT2D eigenvalue weighted by atomic mass is 10.1. The molecule has 0 aliphatic heterocycles. The van der Waals surface area contributed by atoms with E-state index in [4.69, 9.17) is 0 Å². The Morgan fingerprint density at radius 3 is 3.06 bits per heavy atom. The molecule has 0 bridgehead atoms. The van der Waals surface area contributed by atoms with Crippen molar-refractivity contribution in [2.45, 2.75) is 13.5 Å². The number of pyridine rings is 1. The second-order valence-corrected chi connectivity index (χ2v) is 5.62. The third-order valence-electron chi connectivity index (χ3n) is 3.03. The minimum absolute atomic E-state index is 0.719. The first-order valence-electron chi connectivity index (χ1n) is 6.32. The van der Waals surface area contributed by atoms with E-state index in [0.717, 1.165) is 19.0 Å². The molecule has 0 amide bonds. The smallest absolute Gasteiger partial charge is 0.0346 e. The lowest BCUT2D eigenvalue weighted by Crippen LogP contribution is -2.22. The van der Waals surface area contributed by atoms with Gasteiger partial charge in [0.25, 0.3) is 0 Å². The molecule has 1 aromatic heterocycles. The Morgan fingerprint density at radius 1 is 1.33 bits per heavy atom. The summed E-state index contributed by atoms with van der Waals surface area (Å²) < 4.78 is 0. The van der Waals surface area contributed by atoms with E-state index in [2.05, 4.69) is 47.7 Å². The average molecular weight is 260 g/mol. The summed E-state index contributed by atoms with van der Waals surface area (Å²) in [4.78, 5) is 4.16. The number of hydrogen-bond donors (Lipinski definition) is 1. The summed E-state index contributed by atoms with van der Waals surface area (Å²) in [6.45, 7) is 4.29. The van der Waals surface area contributed by atoms with Crippen LogP contribution < -0.4 is 5.32 Å². The zero-order valence-electron chi connectivity index (χ0n) is 11.0. The fraction of sp³-hybridized carbons (Fsp3) is 0.400. The molecule has 2 rings (SSSR count). The van der Waals surface area contributed by atoms with Gasteiger partial charge in [0, 0.05) is 24.3 Å². The highest BCUT2D eigenvalue weighted by atomic mass is 32.2. The lowest BCUT2D eigenvalue weighted by molar-refractivity contribution is 0.560. The maximum Gasteiger partial charge on any atom is 0.0346 e. The standard InChI is InChI=1S/C15H20N2S/c1-12(11-18-2)8-17-10-14-5-3-4-13-9-16-7-6-15(13)14/h3-7,9,12,17H,8,10-11H2,1-2H3. The van der Waals surface area contributed by atoms with Crippen LogP contribution in [-0.2, 0) is 6.54 Å². The van der Waals surface area contributed by atoms with Gasteiger partial charge in [-0.1, -0.05) is 25.1 Å². The minimum atomic E-state index is 0.719. The molecule has 1 heterocycles. The van der Waals surface area contributed by atoms with Crippen molar-refractivity contribution in [2.24, 2.45) is 5.92 Å². The molecule has 1 unspecified atom stereocenters. The van der Waals surface area contributed by atoms with Gasteiger partial charge < -0.3 is 5.32 Å². The Labute approximate surface area is 113 Å². The number of nitrogens with zero attached hydrogens (tertiary/aromatic N) is 1. The Hall–Kier alpha value is -1.06. The molecule has 1 atom stereocenters. The van der Waals surface area contributed by atoms with Gasteiger partial charge in [-0.2, -0.15) is 11.8 Å². The number of nitrogens with one attached hydrogen (secondary N) is 1. The molecule has 0 spiro atoms. The first kappa shape index (κ1) is 13.4. The first-order valence-corrected chi connectivity index (χ1v) is 7.72. The van der Waals surface area contributed by atoms with Crippen LogP contribution in [0, 0.1) is 5.92 Å². The van der Waals surface area contributed by atoms with Crippen LogP contribution in [0.2, 0.25) is 0 Å². The van der Waals surface area contributed by atoms with E-state index in [9.17, 15) is 0 Å². The molecule has 0 aliphatic carbocycles. The summed E-state index contributed by atoms with van der Waals surface area (Å²) in [5.41, 5.74) is 1.35. The zero-order valence-corrected chi connectivity index (χ0v) is 11.8. The van der Waals surface area contributed by atoms with Gasteiger partial charge in [0.05, 0.1) is 0 Å². The Kier molecular flexibility index (Phi) is 5.02. The van der Waals surface area contributed by atoms with Crippen LogP contribution in [0.15, 0.2) is 36.7 Å². The predicted octanol–water partition coefficient (Wildman–Crippen LogP) is 3.32. The second kappa shape index (κ2) is 6.76. The van der Waals surface area contributed by atoms with Crippen molar-refractivity contribution in [3.63, 3.8) is 0 Å². The van der Waals surface area contributed by atoms with Crippen LogP contribution in [-0.4, -0.2) is 23.5 Å². The molecular weight excluding hydrogens is 240 g/mol. The van der Waals surface area contributed by atoms with Crippen molar-refractivity contribution in [3.05, 3.63) is 42.2 Å². The van der Waals surface area contributed by atoms with E-state index in [0.29, 0.717) is 0 Å². The quantitative estimate of drug-likeness (QED) is 0.862. The Morgan fingerprint density at radius 2 is 2.22 bits per heavy atom. The van der Waals surface area contributed by atoms with Gasteiger partial charge in [0.2, 0.25) is 0 Å². The lowest BCUT2D eigenvalue weighted by Gasteiger charge is -2.12. The van der Waals surface area contributed by atoms with Crippen LogP contribution in [0.3, 0.4) is 0 Å². The summed E-state index contributed by atoms with van der Waals surface area (Å²) in [6.07, 6.45) is 5.95. The topological polar surface area (TPSA) is 24.9 Å². The molecule has 0 saturated carbocycles. The van der Waals surface area contributed by atoms with Gasteiger partial charge in [-0.3, -0.25) is 4.98 Å². The van der Waals surface area contributed by atoms with Crippen LogP contribution in [0.4, 0.5) is 0 Å². The van der Waals surface area contributed by atoms with Crippen molar-refractivity contribution in [2.75, 3.05) is 18.6 Å². The van der Waals surface area contributed by atoms with E-state index in [1.165, 1.54) is 22.1 Å². The largest absolute Gasteiger partial charge is 0.312 e. The summed E-state index contributed by atoms with van der Waals surface area (Å²) in [5, 5.41) is 6.06. The molecule has 1 aromatic carbocycles. The van der Waals surface area contributed by atoms with Crippen molar-refractivity contribution in [1.82, 2.24) is 10.3 Å². The van der Waals surface area contributed by atoms with Crippen molar-refractivity contribution < 1.29 is 0 Å². The maximum absolute atomic E-state index is 4.16. The highest BCUT2D eigenvalue weighted by Gasteiger charge is 2.03. The molecular formula is C15H20N2S. The Bertz CT molecular complexity index is 493. The van der Waals surface area contributed by atoms with Crippen molar-refractivity contribution in [1.29, 1.82) is 0 Å². The molecule has 0 aliphatic rings. The van der Waals surface area contributed by atoms with E-state index >= 15 is 0 Å². The van der Waals surface area contributed by atoms with Crippen molar-refractivity contribution >= 4 is 22.5 Å². The number of hydrogen-bond acceptors (Lipinski definition) is 3. The fourth-order valence-electron chi connectivity index (χ4n) is 2.14. The SMILES string of the molecule is CSCC(C)CNCc1cccc2cnccc12. The number of benzene rings is 1. The molecule has 2 aromatic rings. The highest BCUT2D eigenvalue weighted by Crippen LogP contribution is 2.17. The van der Waals surface area contributed by atoms with Gasteiger partial charge >= 0.3 is 0 Å². The van der Waals surface area contributed by atoms with E-state index in [-0.39, 0.29) is 0 Å². The van der Waals surface area contributed by atoms with E-state index in [1.54, 1.807) is 0 Å². The molecule has 3 heteroatoms. The first-order chi connectivity index (χ1) is 8.81. The molecule has 1 N–H and O–H groups in total. The number of rotatable bonds is 6. The predicted molar refractivity (Wildman–Crippen MR) is 81.0 cm³/mol. The summed E-state index contributed by atoms with van der Waals surface area (Å²) in [5.74, 6) is 1.93. The molecule has 0 saturated heterocycles. The summed E-state index contributed by atoms with van der Waals surface area (Å²) >= 11 is 1.91. The van der Waals surface area contributed by atoms with Crippen molar-refractivity contribution in [3.8, 4) is 0 Å². The number of thioether (sulfide) groups is 1. The van der Waals surface area contributed by atoms with Gasteiger partial charge in [-0.25, -0.2) is 0 Å². The van der Waals surface area contributed by atoms with Gasteiger partial charge in [-0.15, -0.1) is 0 Å². The van der Waals surface area contributed by atoms with E-state index in [1.807, 2.05) is 24.2 Å². The van der Waals surface area contributed by atoms with Gasteiger partial charge in [-0.05, 0) is 41.5 Å². The van der Waals surface area contributed by atoms with Gasteiger partial charge in [0.15, 0.2) is 0 Å². The third-order valence-corrected chi connectivity index (χ3v) is 3.93. The summed E-state index contributed by atoms with van der Waals surface area (Å²) in [7, 11) is 0. The molecule has 0 fully saturated rings. The number of aromatic nitrogens is 1. The van der Waals surface area contributed by atoms with Crippen LogP contribution >= 0.6 is 11.8 Å². The maximum atomic E-state index is 4.16. The van der Waals surface area contributed by atoms with Gasteiger partial charge in [0.1, 0.15) is 0 Å². The normalized spacial score (nSPS) is 12.8. The highest BCUT2D eigenvalue weighted by molar-refractivity contribution is 7.98. The number of fused-ring (bicyclic) bond motifs is 1. The second-order valence-electron chi connectivity index (χ2n) is 4.71. The molecule has 2 nitrogen and oxygen atoms in total. The van der Waals surface area contributed by atoms with Crippen LogP contribution in [0.5, 0.6) is 0 Å². The Balaban J connectivity index is 1.99. The fourth-order valence-corrected chi connectivity index (χ4v) is 2.83. The summed E-state index contributed by atoms with van der Waals surface area (Å²) in [6, 6.07) is 8.50. The van der Waals surface area contributed by atoms with Crippen LogP contribution in [0.1, 0.15) is 12.5 Å². The zero-order chi connectivity index (χ0) is 12.8. The molecule has 0 radical (unpaired) electrons. The molecule has 18 heavy (non-hydrogen) atoms. The minimum Gasteiger partial charge on any atom is -0.312 e. The third kappa shape index (κ3) is 3.47.